The number of nitrogens with two attached hydrogens (primary N) is 1. The molecule has 1 saturated heterocycles. The second-order valence-electron chi connectivity index (χ2n) is 7.25. The van der Waals surface area contributed by atoms with E-state index in [9.17, 15) is 4.39 Å². The van der Waals surface area contributed by atoms with E-state index in [0.29, 0.717) is 17.3 Å². The van der Waals surface area contributed by atoms with Crippen molar-refractivity contribution in [1.29, 1.82) is 0 Å². The number of hydrogen-bond acceptors (Lipinski definition) is 4. The molecule has 0 atom stereocenters. The molecule has 1 aliphatic rings. The molecule has 2 heterocycles. The number of aryl methyl sites for hydroxylation is 1. The minimum atomic E-state index is -0.209. The number of anilines is 2. The van der Waals surface area contributed by atoms with Crippen molar-refractivity contribution in [2.24, 2.45) is 5.92 Å². The third kappa shape index (κ3) is 3.10. The van der Waals surface area contributed by atoms with Gasteiger partial charge >= 0.3 is 0 Å². The van der Waals surface area contributed by atoms with Gasteiger partial charge < -0.3 is 16.0 Å². The molecule has 4 nitrogen and oxygen atoms in total. The van der Waals surface area contributed by atoms with Gasteiger partial charge in [-0.05, 0) is 49.4 Å². The number of nitrogen functional groups attached to an aromatic ring is 1. The van der Waals surface area contributed by atoms with Crippen LogP contribution in [0.25, 0.3) is 21.9 Å². The van der Waals surface area contributed by atoms with Crippen molar-refractivity contribution in [3.05, 3.63) is 54.0 Å². The summed E-state index contributed by atoms with van der Waals surface area (Å²) in [4.78, 5) is 6.51. The molecule has 2 aromatic carbocycles. The summed E-state index contributed by atoms with van der Waals surface area (Å²) in [7, 11) is 2.12. The highest BCUT2D eigenvalue weighted by Gasteiger charge is 2.23. The van der Waals surface area contributed by atoms with Crippen LogP contribution < -0.4 is 11.1 Å². The average molecular weight is 350 g/mol. The lowest BCUT2D eigenvalue weighted by molar-refractivity contribution is 0.144. The van der Waals surface area contributed by atoms with Crippen LogP contribution in [0.4, 0.5) is 15.9 Å². The standard InChI is InChI=1S/C21H23FN4/c1-13-4-3-5-18(22)21(13)15-6-16-10-25-20(23)8-17(16)19(7-15)24-9-14-11-26(2)12-14/h3-8,10,14,24H,9,11-12H2,1-2H3,(H2,23,25). The Morgan fingerprint density at radius 3 is 2.81 bits per heavy atom. The van der Waals surface area contributed by atoms with Crippen LogP contribution in [0.3, 0.4) is 0 Å². The number of halogens is 1. The van der Waals surface area contributed by atoms with E-state index < -0.39 is 0 Å². The zero-order valence-electron chi connectivity index (χ0n) is 15.1. The number of fused-ring (bicyclic) bond motifs is 1. The molecule has 1 aromatic heterocycles. The SMILES string of the molecule is Cc1cccc(F)c1-c1cc(NCC2CN(C)C2)c2cc(N)ncc2c1. The van der Waals surface area contributed by atoms with Crippen LogP contribution in [0.1, 0.15) is 5.56 Å². The predicted molar refractivity (Wildman–Crippen MR) is 106 cm³/mol. The molecule has 4 rings (SSSR count). The van der Waals surface area contributed by atoms with Crippen molar-refractivity contribution in [3.8, 4) is 11.1 Å². The summed E-state index contributed by atoms with van der Waals surface area (Å²) in [5, 5.41) is 5.52. The Hall–Kier alpha value is -2.66. The van der Waals surface area contributed by atoms with E-state index in [-0.39, 0.29) is 5.82 Å². The molecule has 0 aliphatic carbocycles. The zero-order chi connectivity index (χ0) is 18.3. The molecule has 3 N–H and O–H groups in total. The number of hydrogen-bond donors (Lipinski definition) is 2. The van der Waals surface area contributed by atoms with Gasteiger partial charge in [0.15, 0.2) is 0 Å². The lowest BCUT2D eigenvalue weighted by atomic mass is 9.96. The Kier molecular flexibility index (Phi) is 4.24. The van der Waals surface area contributed by atoms with Gasteiger partial charge in [-0.15, -0.1) is 0 Å². The third-order valence-corrected chi connectivity index (χ3v) is 5.09. The van der Waals surface area contributed by atoms with E-state index in [4.69, 9.17) is 5.73 Å². The minimum absolute atomic E-state index is 0.209. The zero-order valence-corrected chi connectivity index (χ0v) is 15.1. The number of nitrogens with zero attached hydrogens (tertiary/aromatic N) is 2. The van der Waals surface area contributed by atoms with Crippen LogP contribution in [0.2, 0.25) is 0 Å². The molecule has 0 unspecified atom stereocenters. The fourth-order valence-corrected chi connectivity index (χ4v) is 3.77. The molecular weight excluding hydrogens is 327 g/mol. The monoisotopic (exact) mass is 350 g/mol. The molecule has 0 amide bonds. The number of benzene rings is 2. The Labute approximate surface area is 152 Å². The van der Waals surface area contributed by atoms with E-state index in [2.05, 4.69) is 22.2 Å². The molecule has 1 fully saturated rings. The predicted octanol–water partition coefficient (Wildman–Crippen LogP) is 3.91. The van der Waals surface area contributed by atoms with Crippen LogP contribution in [-0.4, -0.2) is 36.6 Å². The largest absolute Gasteiger partial charge is 0.384 e. The fraction of sp³-hybridized carbons (Fsp3) is 0.286. The van der Waals surface area contributed by atoms with Gasteiger partial charge in [-0.1, -0.05) is 12.1 Å². The van der Waals surface area contributed by atoms with Crippen molar-refractivity contribution in [2.75, 3.05) is 37.7 Å². The van der Waals surface area contributed by atoms with Crippen molar-refractivity contribution < 1.29 is 4.39 Å². The summed E-state index contributed by atoms with van der Waals surface area (Å²) in [6.07, 6.45) is 1.76. The van der Waals surface area contributed by atoms with Crippen LogP contribution in [0, 0.1) is 18.7 Å². The van der Waals surface area contributed by atoms with E-state index in [1.807, 2.05) is 31.2 Å². The Morgan fingerprint density at radius 1 is 1.27 bits per heavy atom. The van der Waals surface area contributed by atoms with Crippen molar-refractivity contribution in [2.45, 2.75) is 6.92 Å². The van der Waals surface area contributed by atoms with Gasteiger partial charge in [-0.2, -0.15) is 0 Å². The fourth-order valence-electron chi connectivity index (χ4n) is 3.77. The van der Waals surface area contributed by atoms with Crippen molar-refractivity contribution in [1.82, 2.24) is 9.88 Å². The Morgan fingerprint density at radius 2 is 2.08 bits per heavy atom. The summed E-state index contributed by atoms with van der Waals surface area (Å²) >= 11 is 0. The first-order valence-electron chi connectivity index (χ1n) is 8.88. The van der Waals surface area contributed by atoms with Gasteiger partial charge in [0.1, 0.15) is 11.6 Å². The molecule has 0 bridgehead atoms. The van der Waals surface area contributed by atoms with Gasteiger partial charge in [0, 0.05) is 53.8 Å². The first-order valence-corrected chi connectivity index (χ1v) is 8.88. The topological polar surface area (TPSA) is 54.2 Å². The maximum atomic E-state index is 14.5. The summed E-state index contributed by atoms with van der Waals surface area (Å²) < 4.78 is 14.5. The minimum Gasteiger partial charge on any atom is -0.384 e. The van der Waals surface area contributed by atoms with Crippen LogP contribution in [0.15, 0.2) is 42.6 Å². The number of pyridine rings is 1. The Balaban J connectivity index is 1.78. The first kappa shape index (κ1) is 16.8. The van der Waals surface area contributed by atoms with Crippen LogP contribution in [-0.2, 0) is 0 Å². The van der Waals surface area contributed by atoms with Gasteiger partial charge in [-0.3, -0.25) is 0 Å². The lowest BCUT2D eigenvalue weighted by Gasteiger charge is -2.36. The summed E-state index contributed by atoms with van der Waals surface area (Å²) in [5.74, 6) is 0.908. The van der Waals surface area contributed by atoms with Crippen LogP contribution in [0.5, 0.6) is 0 Å². The molecule has 0 spiro atoms. The first-order chi connectivity index (χ1) is 12.5. The van der Waals surface area contributed by atoms with Gasteiger partial charge in [0.25, 0.3) is 0 Å². The highest BCUT2D eigenvalue weighted by atomic mass is 19.1. The number of rotatable bonds is 4. The van der Waals surface area contributed by atoms with E-state index in [1.54, 1.807) is 12.3 Å². The van der Waals surface area contributed by atoms with Crippen LogP contribution >= 0.6 is 0 Å². The third-order valence-electron chi connectivity index (χ3n) is 5.09. The molecule has 0 saturated carbocycles. The van der Waals surface area contributed by atoms with E-state index in [0.717, 1.165) is 47.2 Å². The number of nitrogens with one attached hydrogen (secondary N) is 1. The number of likely N-dealkylation sites (tertiary alicyclic amines) is 1. The second-order valence-corrected chi connectivity index (χ2v) is 7.25. The second kappa shape index (κ2) is 6.57. The van der Waals surface area contributed by atoms with Crippen molar-refractivity contribution >= 4 is 22.3 Å². The smallest absolute Gasteiger partial charge is 0.131 e. The normalized spacial score (nSPS) is 15.2. The highest BCUT2D eigenvalue weighted by Crippen LogP contribution is 2.34. The lowest BCUT2D eigenvalue weighted by Crippen LogP contribution is -2.46. The highest BCUT2D eigenvalue weighted by molar-refractivity contribution is 5.98. The van der Waals surface area contributed by atoms with Gasteiger partial charge in [-0.25, -0.2) is 9.37 Å². The number of aromatic nitrogens is 1. The van der Waals surface area contributed by atoms with E-state index >= 15 is 0 Å². The molecule has 5 heteroatoms. The molecule has 1 aliphatic heterocycles. The van der Waals surface area contributed by atoms with Crippen molar-refractivity contribution in [3.63, 3.8) is 0 Å². The molecule has 26 heavy (non-hydrogen) atoms. The van der Waals surface area contributed by atoms with E-state index in [1.165, 1.54) is 6.07 Å². The van der Waals surface area contributed by atoms with Gasteiger partial charge in [0.05, 0.1) is 0 Å². The molecule has 134 valence electrons. The summed E-state index contributed by atoms with van der Waals surface area (Å²) in [5.41, 5.74) is 9.28. The maximum absolute atomic E-state index is 14.5. The average Bonchev–Trinajstić information content (AvgIpc) is 2.57. The quantitative estimate of drug-likeness (QED) is 0.749. The summed E-state index contributed by atoms with van der Waals surface area (Å²) in [6.45, 7) is 5.02. The molecular formula is C21H23FN4. The summed E-state index contributed by atoms with van der Waals surface area (Å²) in [6, 6.07) is 11.1. The maximum Gasteiger partial charge on any atom is 0.131 e. The molecule has 3 aromatic rings. The van der Waals surface area contributed by atoms with Gasteiger partial charge in [0.2, 0.25) is 0 Å². The molecule has 0 radical (unpaired) electrons. The Bertz CT molecular complexity index is 943.